The fraction of sp³-hybridized carbons (Fsp3) is 0.154. The molecular weight excluding hydrogens is 361 g/mol. The number of hydrogen-bond donors (Lipinski definition) is 0. The highest BCUT2D eigenvalue weighted by Crippen LogP contribution is 2.33. The van der Waals surface area contributed by atoms with Crippen molar-refractivity contribution in [3.63, 3.8) is 0 Å². The molecule has 0 N–H and O–H groups in total. The predicted octanol–water partition coefficient (Wildman–Crippen LogP) is 4.83. The standard InChI is InChI=1S/C13H7Cl3F2N2O2/c1-22-13(21)11-7(15)3-6(14)10(20-11)9-2-5(12(17)18)8(16)4-19-9/h2-4,12H,1H3. The SMILES string of the molecule is COC(=O)c1nc(-c2cc(C(F)F)c(Cl)cn2)c(Cl)cc1Cl. The quantitative estimate of drug-likeness (QED) is 0.729. The average Bonchev–Trinajstić information content (AvgIpc) is 2.47. The normalized spacial score (nSPS) is 10.9. The number of pyridine rings is 2. The first-order valence-corrected chi connectivity index (χ1v) is 6.86. The third-order valence-electron chi connectivity index (χ3n) is 2.67. The van der Waals surface area contributed by atoms with Crippen molar-refractivity contribution in [2.24, 2.45) is 0 Å². The molecule has 22 heavy (non-hydrogen) atoms. The van der Waals surface area contributed by atoms with Crippen molar-refractivity contribution < 1.29 is 18.3 Å². The highest BCUT2D eigenvalue weighted by Gasteiger charge is 2.20. The van der Waals surface area contributed by atoms with Crippen molar-refractivity contribution in [2.45, 2.75) is 6.43 Å². The van der Waals surface area contributed by atoms with Crippen molar-refractivity contribution in [3.8, 4) is 11.4 Å². The van der Waals surface area contributed by atoms with Gasteiger partial charge in [-0.2, -0.15) is 0 Å². The van der Waals surface area contributed by atoms with Gasteiger partial charge in [-0.05, 0) is 12.1 Å². The highest BCUT2D eigenvalue weighted by atomic mass is 35.5. The van der Waals surface area contributed by atoms with E-state index in [0.29, 0.717) is 0 Å². The number of carbonyl (C=O) groups excluding carboxylic acids is 1. The van der Waals surface area contributed by atoms with E-state index in [1.54, 1.807) is 0 Å². The number of halogens is 5. The van der Waals surface area contributed by atoms with E-state index in [9.17, 15) is 13.6 Å². The molecule has 2 heterocycles. The van der Waals surface area contributed by atoms with Gasteiger partial charge in [-0.15, -0.1) is 0 Å². The van der Waals surface area contributed by atoms with Gasteiger partial charge in [-0.1, -0.05) is 34.8 Å². The van der Waals surface area contributed by atoms with Gasteiger partial charge in [0.15, 0.2) is 5.69 Å². The Morgan fingerprint density at radius 3 is 2.45 bits per heavy atom. The number of rotatable bonds is 3. The van der Waals surface area contributed by atoms with Crippen molar-refractivity contribution >= 4 is 40.8 Å². The smallest absolute Gasteiger partial charge is 0.358 e. The molecule has 0 fully saturated rings. The van der Waals surface area contributed by atoms with Gasteiger partial charge in [0.2, 0.25) is 0 Å². The molecule has 0 spiro atoms. The summed E-state index contributed by atoms with van der Waals surface area (Å²) in [7, 11) is 1.16. The van der Waals surface area contributed by atoms with Gasteiger partial charge in [0, 0.05) is 11.8 Å². The summed E-state index contributed by atoms with van der Waals surface area (Å²) in [4.78, 5) is 19.4. The molecule has 0 amide bonds. The molecule has 2 rings (SSSR count). The Hall–Kier alpha value is -1.50. The molecule has 0 aromatic carbocycles. The molecular formula is C13H7Cl3F2N2O2. The molecule has 2 aromatic rings. The van der Waals surface area contributed by atoms with E-state index in [2.05, 4.69) is 14.7 Å². The summed E-state index contributed by atoms with van der Waals surface area (Å²) < 4.78 is 30.3. The average molecular weight is 368 g/mol. The van der Waals surface area contributed by atoms with Crippen molar-refractivity contribution in [1.29, 1.82) is 0 Å². The number of hydrogen-bond acceptors (Lipinski definition) is 4. The van der Waals surface area contributed by atoms with Crippen molar-refractivity contribution in [3.05, 3.63) is 44.7 Å². The lowest BCUT2D eigenvalue weighted by atomic mass is 10.1. The molecule has 0 saturated heterocycles. The van der Waals surface area contributed by atoms with Crippen LogP contribution < -0.4 is 0 Å². The minimum Gasteiger partial charge on any atom is -0.464 e. The third kappa shape index (κ3) is 3.29. The Morgan fingerprint density at radius 2 is 1.86 bits per heavy atom. The number of nitrogens with zero attached hydrogens (tertiary/aromatic N) is 2. The predicted molar refractivity (Wildman–Crippen MR) is 78.8 cm³/mol. The number of ether oxygens (including phenoxy) is 1. The Balaban J connectivity index is 2.62. The molecule has 0 radical (unpaired) electrons. The molecule has 0 saturated carbocycles. The maximum atomic E-state index is 12.9. The van der Waals surface area contributed by atoms with Crippen LogP contribution in [0, 0.1) is 0 Å². The van der Waals surface area contributed by atoms with E-state index in [-0.39, 0.29) is 32.1 Å². The molecule has 2 aromatic heterocycles. The van der Waals surface area contributed by atoms with Crippen LogP contribution in [0.2, 0.25) is 15.1 Å². The maximum absolute atomic E-state index is 12.9. The van der Waals surface area contributed by atoms with E-state index in [1.165, 1.54) is 6.07 Å². The summed E-state index contributed by atoms with van der Waals surface area (Å²) in [5, 5.41) is -0.159. The van der Waals surface area contributed by atoms with Crippen LogP contribution >= 0.6 is 34.8 Å². The fourth-order valence-electron chi connectivity index (χ4n) is 1.64. The first-order chi connectivity index (χ1) is 10.3. The number of aromatic nitrogens is 2. The minimum atomic E-state index is -2.79. The van der Waals surface area contributed by atoms with Crippen LogP contribution in [-0.2, 0) is 4.74 Å². The zero-order chi connectivity index (χ0) is 16.4. The lowest BCUT2D eigenvalue weighted by Crippen LogP contribution is -2.07. The molecule has 0 aliphatic heterocycles. The van der Waals surface area contributed by atoms with E-state index in [1.807, 2.05) is 0 Å². The summed E-state index contributed by atoms with van der Waals surface area (Å²) in [5.74, 6) is -0.786. The summed E-state index contributed by atoms with van der Waals surface area (Å²) in [6.45, 7) is 0. The molecule has 9 heteroatoms. The molecule has 0 bridgehead atoms. The third-order valence-corrected chi connectivity index (χ3v) is 3.56. The second-order valence-electron chi connectivity index (χ2n) is 4.03. The molecule has 0 unspecified atom stereocenters. The van der Waals surface area contributed by atoms with Gasteiger partial charge in [0.1, 0.15) is 5.69 Å². The summed E-state index contributed by atoms with van der Waals surface area (Å²) in [6, 6.07) is 2.31. The second-order valence-corrected chi connectivity index (χ2v) is 5.25. The topological polar surface area (TPSA) is 52.1 Å². The fourth-order valence-corrected chi connectivity index (χ4v) is 2.36. The summed E-state index contributed by atoms with van der Waals surface area (Å²) >= 11 is 17.5. The Kier molecular flexibility index (Phi) is 5.16. The first kappa shape index (κ1) is 16.9. The largest absolute Gasteiger partial charge is 0.464 e. The van der Waals surface area contributed by atoms with E-state index in [0.717, 1.165) is 19.4 Å². The van der Waals surface area contributed by atoms with Crippen LogP contribution in [0.15, 0.2) is 18.3 Å². The first-order valence-electron chi connectivity index (χ1n) is 5.73. The zero-order valence-corrected chi connectivity index (χ0v) is 13.2. The van der Waals surface area contributed by atoms with Crippen LogP contribution in [0.4, 0.5) is 8.78 Å². The lowest BCUT2D eigenvalue weighted by Gasteiger charge is -2.09. The molecule has 4 nitrogen and oxygen atoms in total. The van der Waals surface area contributed by atoms with Crippen LogP contribution in [0.5, 0.6) is 0 Å². The van der Waals surface area contributed by atoms with Crippen LogP contribution in [0.3, 0.4) is 0 Å². The molecule has 0 aliphatic rings. The second kappa shape index (κ2) is 6.73. The number of carbonyl (C=O) groups is 1. The number of alkyl halides is 2. The van der Waals surface area contributed by atoms with Gasteiger partial charge in [-0.25, -0.2) is 18.6 Å². The maximum Gasteiger partial charge on any atom is 0.358 e. The van der Waals surface area contributed by atoms with Crippen molar-refractivity contribution in [1.82, 2.24) is 9.97 Å². The van der Waals surface area contributed by atoms with E-state index >= 15 is 0 Å². The van der Waals surface area contributed by atoms with Crippen LogP contribution in [-0.4, -0.2) is 23.0 Å². The van der Waals surface area contributed by atoms with Gasteiger partial charge < -0.3 is 4.74 Å². The number of methoxy groups -OCH3 is 1. The zero-order valence-electron chi connectivity index (χ0n) is 10.9. The highest BCUT2D eigenvalue weighted by molar-refractivity contribution is 6.37. The summed E-state index contributed by atoms with van der Waals surface area (Å²) in [5.41, 5.74) is -0.561. The summed E-state index contributed by atoms with van der Waals surface area (Å²) in [6.07, 6.45) is -1.73. The minimum absolute atomic E-state index is 0.0185. The molecule has 116 valence electrons. The Bertz CT molecular complexity index is 741. The Morgan fingerprint density at radius 1 is 1.18 bits per heavy atom. The lowest BCUT2D eigenvalue weighted by molar-refractivity contribution is 0.0594. The van der Waals surface area contributed by atoms with E-state index < -0.39 is 18.0 Å². The number of esters is 1. The molecule has 0 atom stereocenters. The monoisotopic (exact) mass is 366 g/mol. The van der Waals surface area contributed by atoms with Crippen molar-refractivity contribution in [2.75, 3.05) is 7.11 Å². The molecule has 0 aliphatic carbocycles. The van der Waals surface area contributed by atoms with Crippen LogP contribution in [0.1, 0.15) is 22.5 Å². The van der Waals surface area contributed by atoms with E-state index in [4.69, 9.17) is 34.8 Å². The van der Waals surface area contributed by atoms with Gasteiger partial charge >= 0.3 is 5.97 Å². The Labute approximate surface area is 139 Å². The van der Waals surface area contributed by atoms with Gasteiger partial charge in [-0.3, -0.25) is 4.98 Å². The van der Waals surface area contributed by atoms with Gasteiger partial charge in [0.05, 0.1) is 27.9 Å². The van der Waals surface area contributed by atoms with Crippen LogP contribution in [0.25, 0.3) is 11.4 Å². The van der Waals surface area contributed by atoms with Gasteiger partial charge in [0.25, 0.3) is 6.43 Å².